The van der Waals surface area contributed by atoms with Crippen molar-refractivity contribution in [2.24, 2.45) is 0 Å². The van der Waals surface area contributed by atoms with Gasteiger partial charge < -0.3 is 9.47 Å². The zero-order valence-corrected chi connectivity index (χ0v) is 6.61. The van der Waals surface area contributed by atoms with E-state index in [-0.39, 0.29) is 5.78 Å². The van der Waals surface area contributed by atoms with Gasteiger partial charge in [0.2, 0.25) is 5.78 Å². The van der Waals surface area contributed by atoms with Crippen LogP contribution in [0.1, 0.15) is 10.4 Å². The molecule has 0 fully saturated rings. The van der Waals surface area contributed by atoms with Crippen LogP contribution in [0.15, 0.2) is 24.3 Å². The van der Waals surface area contributed by atoms with Gasteiger partial charge in [-0.05, 0) is 12.1 Å². The Morgan fingerprint density at radius 2 is 2.17 bits per heavy atom. The molecule has 3 nitrogen and oxygen atoms in total. The molecule has 1 atom stereocenters. The number of ether oxygens (including phenoxy) is 2. The van der Waals surface area contributed by atoms with E-state index < -0.39 is 6.29 Å². The molecule has 1 aliphatic heterocycles. The fourth-order valence-corrected chi connectivity index (χ4v) is 1.22. The minimum atomic E-state index is -0.748. The van der Waals surface area contributed by atoms with E-state index in [0.29, 0.717) is 11.3 Å². The molecule has 0 radical (unpaired) electrons. The minimum absolute atomic E-state index is 0.104. The van der Waals surface area contributed by atoms with Gasteiger partial charge in [-0.25, -0.2) is 0 Å². The van der Waals surface area contributed by atoms with Crippen LogP contribution in [0.5, 0.6) is 5.75 Å². The summed E-state index contributed by atoms with van der Waals surface area (Å²) in [6.07, 6.45) is -0.748. The van der Waals surface area contributed by atoms with Crippen LogP contribution in [0.3, 0.4) is 0 Å². The summed E-state index contributed by atoms with van der Waals surface area (Å²) in [5, 5.41) is 0. The molecule has 0 amide bonds. The number of benzene rings is 1. The van der Waals surface area contributed by atoms with E-state index in [1.54, 1.807) is 18.2 Å². The van der Waals surface area contributed by atoms with Crippen molar-refractivity contribution in [1.29, 1.82) is 0 Å². The SMILES string of the molecule is COC1Oc2ccccc2C1=O. The highest BCUT2D eigenvalue weighted by Gasteiger charge is 2.31. The Labute approximate surface area is 69.9 Å². The lowest BCUT2D eigenvalue weighted by atomic mass is 10.1. The number of rotatable bonds is 1. The summed E-state index contributed by atoms with van der Waals surface area (Å²) < 4.78 is 10.0. The number of para-hydroxylation sites is 1. The molecule has 62 valence electrons. The fraction of sp³-hybridized carbons (Fsp3) is 0.222. The topological polar surface area (TPSA) is 35.5 Å². The number of carbonyl (C=O) groups excluding carboxylic acids is 1. The lowest BCUT2D eigenvalue weighted by molar-refractivity contribution is -0.0214. The van der Waals surface area contributed by atoms with Gasteiger partial charge in [-0.3, -0.25) is 4.79 Å². The van der Waals surface area contributed by atoms with Crippen molar-refractivity contribution < 1.29 is 14.3 Å². The molecule has 0 bridgehead atoms. The van der Waals surface area contributed by atoms with Gasteiger partial charge in [0, 0.05) is 7.11 Å². The number of carbonyl (C=O) groups is 1. The molecule has 0 aliphatic carbocycles. The van der Waals surface area contributed by atoms with Gasteiger partial charge >= 0.3 is 0 Å². The lowest BCUT2D eigenvalue weighted by Crippen LogP contribution is -2.21. The van der Waals surface area contributed by atoms with E-state index in [1.165, 1.54) is 7.11 Å². The quantitative estimate of drug-likeness (QED) is 0.626. The number of ketones is 1. The Kier molecular flexibility index (Phi) is 1.59. The molecule has 1 aromatic rings. The molecular weight excluding hydrogens is 156 g/mol. The van der Waals surface area contributed by atoms with Gasteiger partial charge in [0.15, 0.2) is 0 Å². The standard InChI is InChI=1S/C9H8O3/c1-11-9-8(10)6-4-2-3-5-7(6)12-9/h2-5,9H,1H3. The molecule has 12 heavy (non-hydrogen) atoms. The second-order valence-electron chi connectivity index (χ2n) is 2.55. The van der Waals surface area contributed by atoms with Gasteiger partial charge in [0.05, 0.1) is 5.56 Å². The van der Waals surface area contributed by atoms with E-state index in [1.807, 2.05) is 6.07 Å². The summed E-state index contributed by atoms with van der Waals surface area (Å²) in [4.78, 5) is 11.4. The molecule has 1 unspecified atom stereocenters. The highest BCUT2D eigenvalue weighted by molar-refractivity contribution is 6.03. The fourth-order valence-electron chi connectivity index (χ4n) is 1.22. The Morgan fingerprint density at radius 3 is 2.83 bits per heavy atom. The predicted molar refractivity (Wildman–Crippen MR) is 42.2 cm³/mol. The Balaban J connectivity index is 2.42. The molecular formula is C9H8O3. The molecule has 0 aromatic heterocycles. The highest BCUT2D eigenvalue weighted by Crippen LogP contribution is 2.27. The zero-order valence-electron chi connectivity index (χ0n) is 6.61. The lowest BCUT2D eigenvalue weighted by Gasteiger charge is -2.04. The van der Waals surface area contributed by atoms with E-state index >= 15 is 0 Å². The summed E-state index contributed by atoms with van der Waals surface area (Å²) in [5.41, 5.74) is 0.601. The van der Waals surface area contributed by atoms with E-state index in [2.05, 4.69) is 0 Å². The Hall–Kier alpha value is -1.35. The normalized spacial score (nSPS) is 20.4. The highest BCUT2D eigenvalue weighted by atomic mass is 16.7. The average molecular weight is 164 g/mol. The molecule has 0 saturated carbocycles. The van der Waals surface area contributed by atoms with Crippen LogP contribution in [0, 0.1) is 0 Å². The first-order valence-electron chi connectivity index (χ1n) is 3.65. The van der Waals surface area contributed by atoms with Crippen LogP contribution in [-0.2, 0) is 4.74 Å². The van der Waals surface area contributed by atoms with Crippen LogP contribution in [-0.4, -0.2) is 19.2 Å². The first-order chi connectivity index (χ1) is 5.83. The van der Waals surface area contributed by atoms with Gasteiger partial charge in [-0.2, -0.15) is 0 Å². The second-order valence-corrected chi connectivity index (χ2v) is 2.55. The summed E-state index contributed by atoms with van der Waals surface area (Å²) >= 11 is 0. The summed E-state index contributed by atoms with van der Waals surface area (Å²) in [6.45, 7) is 0. The van der Waals surface area contributed by atoms with Crippen LogP contribution in [0.4, 0.5) is 0 Å². The van der Waals surface area contributed by atoms with Gasteiger partial charge in [0.25, 0.3) is 6.29 Å². The minimum Gasteiger partial charge on any atom is -0.456 e. The molecule has 1 aromatic carbocycles. The number of hydrogen-bond donors (Lipinski definition) is 0. The maximum Gasteiger partial charge on any atom is 0.264 e. The van der Waals surface area contributed by atoms with Crippen molar-refractivity contribution in [3.05, 3.63) is 29.8 Å². The molecule has 0 saturated heterocycles. The van der Waals surface area contributed by atoms with Crippen molar-refractivity contribution in [3.8, 4) is 5.75 Å². The van der Waals surface area contributed by atoms with Crippen molar-refractivity contribution in [2.75, 3.05) is 7.11 Å². The van der Waals surface area contributed by atoms with Crippen molar-refractivity contribution in [2.45, 2.75) is 6.29 Å². The van der Waals surface area contributed by atoms with Crippen LogP contribution < -0.4 is 4.74 Å². The molecule has 2 rings (SSSR count). The largest absolute Gasteiger partial charge is 0.456 e. The van der Waals surface area contributed by atoms with Crippen LogP contribution >= 0.6 is 0 Å². The smallest absolute Gasteiger partial charge is 0.264 e. The molecule has 1 heterocycles. The maximum atomic E-state index is 11.4. The first-order valence-corrected chi connectivity index (χ1v) is 3.65. The van der Waals surface area contributed by atoms with Crippen molar-refractivity contribution in [3.63, 3.8) is 0 Å². The third kappa shape index (κ3) is 0.905. The number of Topliss-reactive ketones (excluding diaryl/α,β-unsaturated/α-hetero) is 1. The number of hydrogen-bond acceptors (Lipinski definition) is 3. The predicted octanol–water partition coefficient (Wildman–Crippen LogP) is 1.23. The summed E-state index contributed by atoms with van der Waals surface area (Å²) in [7, 11) is 1.45. The summed E-state index contributed by atoms with van der Waals surface area (Å²) in [5.74, 6) is 0.502. The summed E-state index contributed by atoms with van der Waals surface area (Å²) in [6, 6.07) is 7.12. The molecule has 3 heteroatoms. The third-order valence-electron chi connectivity index (χ3n) is 1.81. The van der Waals surface area contributed by atoms with E-state index in [9.17, 15) is 4.79 Å². The van der Waals surface area contributed by atoms with E-state index in [0.717, 1.165) is 0 Å². The Morgan fingerprint density at radius 1 is 1.42 bits per heavy atom. The maximum absolute atomic E-state index is 11.4. The van der Waals surface area contributed by atoms with E-state index in [4.69, 9.17) is 9.47 Å². The van der Waals surface area contributed by atoms with Crippen LogP contribution in [0.25, 0.3) is 0 Å². The molecule has 0 spiro atoms. The van der Waals surface area contributed by atoms with Crippen molar-refractivity contribution >= 4 is 5.78 Å². The van der Waals surface area contributed by atoms with Crippen molar-refractivity contribution in [1.82, 2.24) is 0 Å². The molecule has 1 aliphatic rings. The third-order valence-corrected chi connectivity index (χ3v) is 1.81. The van der Waals surface area contributed by atoms with Gasteiger partial charge in [-0.15, -0.1) is 0 Å². The zero-order chi connectivity index (χ0) is 8.55. The van der Waals surface area contributed by atoms with Gasteiger partial charge in [-0.1, -0.05) is 12.1 Å². The average Bonchev–Trinajstić information content (AvgIpc) is 2.44. The van der Waals surface area contributed by atoms with Crippen LogP contribution in [0.2, 0.25) is 0 Å². The first kappa shape index (κ1) is 7.31. The number of fused-ring (bicyclic) bond motifs is 1. The van der Waals surface area contributed by atoms with Gasteiger partial charge in [0.1, 0.15) is 5.75 Å². The second kappa shape index (κ2) is 2.60. The number of methoxy groups -OCH3 is 1. The monoisotopic (exact) mass is 164 g/mol. The Bertz CT molecular complexity index is 319. The molecule has 0 N–H and O–H groups in total.